The lowest BCUT2D eigenvalue weighted by Gasteiger charge is -2.30. The van der Waals surface area contributed by atoms with Gasteiger partial charge in [-0.15, -0.1) is 11.3 Å². The van der Waals surface area contributed by atoms with Crippen LogP contribution in [0.25, 0.3) is 11.3 Å². The Labute approximate surface area is 309 Å². The van der Waals surface area contributed by atoms with E-state index in [9.17, 15) is 24.0 Å². The van der Waals surface area contributed by atoms with Crippen LogP contribution in [0.15, 0.2) is 42.2 Å². The summed E-state index contributed by atoms with van der Waals surface area (Å²) < 4.78 is 9.28. The summed E-state index contributed by atoms with van der Waals surface area (Å²) in [5.74, 6) is 0.238. The van der Waals surface area contributed by atoms with E-state index in [1.807, 2.05) is 38.1 Å². The van der Waals surface area contributed by atoms with Gasteiger partial charge < -0.3 is 45.2 Å². The van der Waals surface area contributed by atoms with Crippen LogP contribution in [0.5, 0.6) is 0 Å². The van der Waals surface area contributed by atoms with E-state index in [0.717, 1.165) is 36.2 Å². The number of ether oxygens (including phenoxy) is 2. The fraction of sp³-hybridized carbons (Fsp3) is 0.429. The predicted octanol–water partition coefficient (Wildman–Crippen LogP) is 4.29. The van der Waals surface area contributed by atoms with Gasteiger partial charge in [-0.25, -0.2) is 24.5 Å². The molecule has 280 valence electrons. The summed E-state index contributed by atoms with van der Waals surface area (Å²) in [4.78, 5) is 86.4. The number of hydrogen-bond donors (Lipinski definition) is 5. The number of imidazole rings is 2. The van der Waals surface area contributed by atoms with E-state index in [0.29, 0.717) is 36.2 Å². The topological polar surface area (TPSA) is 217 Å². The number of thiazole rings is 1. The van der Waals surface area contributed by atoms with Crippen molar-refractivity contribution in [2.75, 3.05) is 39.2 Å². The standard InChI is InChI=1S/C35H42N10O7S/c1-19(2)27(43-35(50)52-4)33(48)45-14-6-8-25(45)31-36-15-22(41-31)20-9-11-21(12-10-20)40-32-28(39-18-53-32)29(47)23-16-37-30(42-23)24-7-5-13-44(24)26(46)17-38-34(49)51-3/h9-12,15-16,18-19,24-25,27,40H,5-8,13-14,17H2,1-4H3,(H,36,41)(H,37,42)(H,38,49)(H,43,50). The van der Waals surface area contributed by atoms with Crippen molar-refractivity contribution < 1.29 is 33.4 Å². The van der Waals surface area contributed by atoms with E-state index in [4.69, 9.17) is 4.74 Å². The number of benzene rings is 1. The SMILES string of the molecule is COC(=O)NCC(=O)N1CCCC1c1ncc(C(=O)c2ncsc2Nc2ccc(-c3cnc(C4CCCN4C(=O)C(NC(=O)OC)C(C)C)[nH]3)cc2)[nH]1. The molecule has 2 saturated heterocycles. The quantitative estimate of drug-likeness (QED) is 0.129. The lowest BCUT2D eigenvalue weighted by Crippen LogP contribution is -2.51. The number of nitrogens with zero attached hydrogens (tertiary/aromatic N) is 5. The van der Waals surface area contributed by atoms with E-state index in [1.165, 1.54) is 31.8 Å². The average Bonchev–Trinajstić information content (AvgIpc) is 4.01. The number of alkyl carbamates (subject to hydrolysis) is 2. The summed E-state index contributed by atoms with van der Waals surface area (Å²) in [7, 11) is 2.50. The fourth-order valence-electron chi connectivity index (χ4n) is 6.63. The number of H-pyrrole nitrogens is 2. The molecule has 17 nitrogen and oxygen atoms in total. The monoisotopic (exact) mass is 746 g/mol. The first-order chi connectivity index (χ1) is 25.6. The second-order valence-corrected chi connectivity index (χ2v) is 13.9. The molecule has 0 radical (unpaired) electrons. The summed E-state index contributed by atoms with van der Waals surface area (Å²) in [5.41, 5.74) is 4.46. The molecule has 4 aromatic rings. The number of likely N-dealkylation sites (tertiary alicyclic amines) is 2. The first-order valence-electron chi connectivity index (χ1n) is 17.3. The van der Waals surface area contributed by atoms with Gasteiger partial charge in [-0.3, -0.25) is 14.4 Å². The van der Waals surface area contributed by atoms with Crippen LogP contribution in [-0.4, -0.2) is 104 Å². The van der Waals surface area contributed by atoms with Gasteiger partial charge in [-0.05, 0) is 49.3 Å². The Morgan fingerprint density at radius 2 is 1.55 bits per heavy atom. The second kappa shape index (κ2) is 16.3. The zero-order chi connectivity index (χ0) is 37.6. The number of hydrogen-bond acceptors (Lipinski definition) is 12. The van der Waals surface area contributed by atoms with Crippen molar-refractivity contribution in [1.29, 1.82) is 0 Å². The molecule has 3 atom stereocenters. The number of amides is 4. The third-order valence-corrected chi connectivity index (χ3v) is 10.1. The summed E-state index contributed by atoms with van der Waals surface area (Å²) in [6, 6.07) is 6.30. The zero-order valence-corrected chi connectivity index (χ0v) is 30.6. The molecule has 5 N–H and O–H groups in total. The van der Waals surface area contributed by atoms with Gasteiger partial charge in [0, 0.05) is 18.8 Å². The largest absolute Gasteiger partial charge is 0.453 e. The molecule has 4 amide bonds. The second-order valence-electron chi connectivity index (χ2n) is 13.1. The highest BCUT2D eigenvalue weighted by molar-refractivity contribution is 7.14. The van der Waals surface area contributed by atoms with Crippen LogP contribution in [-0.2, 0) is 19.1 Å². The number of aromatic nitrogens is 5. The highest BCUT2D eigenvalue weighted by Gasteiger charge is 2.38. The van der Waals surface area contributed by atoms with Crippen molar-refractivity contribution in [3.63, 3.8) is 0 Å². The van der Waals surface area contributed by atoms with Gasteiger partial charge >= 0.3 is 12.2 Å². The Balaban J connectivity index is 1.09. The number of aromatic amines is 2. The minimum Gasteiger partial charge on any atom is -0.453 e. The molecule has 3 aromatic heterocycles. The lowest BCUT2D eigenvalue weighted by atomic mass is 10.0. The molecular formula is C35H42N10O7S. The Morgan fingerprint density at radius 3 is 2.25 bits per heavy atom. The first-order valence-corrected chi connectivity index (χ1v) is 18.2. The van der Waals surface area contributed by atoms with Crippen LogP contribution < -0.4 is 16.0 Å². The number of methoxy groups -OCH3 is 2. The molecular weight excluding hydrogens is 705 g/mol. The molecule has 0 bridgehead atoms. The van der Waals surface area contributed by atoms with E-state index >= 15 is 0 Å². The normalized spacial score (nSPS) is 17.5. The smallest absolute Gasteiger partial charge is 0.407 e. The summed E-state index contributed by atoms with van der Waals surface area (Å²) in [5, 5.41) is 8.93. The number of carbonyl (C=O) groups is 5. The summed E-state index contributed by atoms with van der Waals surface area (Å²) in [6.07, 6.45) is 4.84. The number of carbonyl (C=O) groups excluding carboxylic acids is 5. The van der Waals surface area contributed by atoms with Crippen molar-refractivity contribution in [1.82, 2.24) is 45.4 Å². The highest BCUT2D eigenvalue weighted by atomic mass is 32.1. The minimum atomic E-state index is -0.715. The van der Waals surface area contributed by atoms with E-state index in [1.54, 1.807) is 21.5 Å². The maximum Gasteiger partial charge on any atom is 0.407 e. The number of rotatable bonds is 12. The molecule has 5 heterocycles. The van der Waals surface area contributed by atoms with Crippen molar-refractivity contribution in [2.45, 2.75) is 57.7 Å². The van der Waals surface area contributed by atoms with Gasteiger partial charge in [0.25, 0.3) is 0 Å². The number of anilines is 2. The summed E-state index contributed by atoms with van der Waals surface area (Å²) >= 11 is 1.29. The van der Waals surface area contributed by atoms with Crippen molar-refractivity contribution in [3.05, 3.63) is 65.2 Å². The maximum absolute atomic E-state index is 13.6. The molecule has 53 heavy (non-hydrogen) atoms. The van der Waals surface area contributed by atoms with Gasteiger partial charge in [-0.1, -0.05) is 26.0 Å². The molecule has 18 heteroatoms. The summed E-state index contributed by atoms with van der Waals surface area (Å²) in [6.45, 7) is 4.62. The highest BCUT2D eigenvalue weighted by Crippen LogP contribution is 2.34. The average molecular weight is 747 g/mol. The van der Waals surface area contributed by atoms with E-state index in [2.05, 4.69) is 45.6 Å². The fourth-order valence-corrected chi connectivity index (χ4v) is 7.32. The molecule has 0 spiro atoms. The Hall–Kier alpha value is -5.78. The van der Waals surface area contributed by atoms with Gasteiger partial charge in [0.15, 0.2) is 0 Å². The van der Waals surface area contributed by atoms with Crippen molar-refractivity contribution >= 4 is 51.8 Å². The Morgan fingerprint density at radius 1 is 0.887 bits per heavy atom. The van der Waals surface area contributed by atoms with Crippen LogP contribution >= 0.6 is 11.3 Å². The maximum atomic E-state index is 13.6. The molecule has 2 fully saturated rings. The minimum absolute atomic E-state index is 0.129. The van der Waals surface area contributed by atoms with Gasteiger partial charge in [0.1, 0.15) is 40.6 Å². The predicted molar refractivity (Wildman–Crippen MR) is 193 cm³/mol. The van der Waals surface area contributed by atoms with Crippen LogP contribution in [0.2, 0.25) is 0 Å². The van der Waals surface area contributed by atoms with Crippen molar-refractivity contribution in [3.8, 4) is 11.3 Å². The van der Waals surface area contributed by atoms with E-state index < -0.39 is 18.2 Å². The molecule has 1 aromatic carbocycles. The van der Waals surface area contributed by atoms with Crippen LogP contribution in [0.4, 0.5) is 20.3 Å². The molecule has 3 unspecified atom stereocenters. The number of ketones is 1. The van der Waals surface area contributed by atoms with Crippen LogP contribution in [0.3, 0.4) is 0 Å². The van der Waals surface area contributed by atoms with Crippen LogP contribution in [0.1, 0.15) is 79.4 Å². The third kappa shape index (κ3) is 8.16. The first kappa shape index (κ1) is 37.0. The molecule has 0 saturated carbocycles. The number of nitrogens with one attached hydrogen (secondary N) is 5. The zero-order valence-electron chi connectivity index (χ0n) is 29.8. The molecule has 2 aliphatic heterocycles. The molecule has 0 aliphatic carbocycles. The van der Waals surface area contributed by atoms with E-state index in [-0.39, 0.29) is 53.5 Å². The van der Waals surface area contributed by atoms with Crippen molar-refractivity contribution in [2.24, 2.45) is 5.92 Å². The van der Waals surface area contributed by atoms with Crippen LogP contribution in [0, 0.1) is 5.92 Å². The van der Waals surface area contributed by atoms with Gasteiger partial charge in [0.05, 0.1) is 49.9 Å². The van der Waals surface area contributed by atoms with Gasteiger partial charge in [0.2, 0.25) is 17.6 Å². The molecule has 2 aliphatic rings. The lowest BCUT2D eigenvalue weighted by molar-refractivity contribution is -0.135. The third-order valence-electron chi connectivity index (χ3n) is 9.37. The Bertz CT molecular complexity index is 1950. The molecule has 6 rings (SSSR count). The Kier molecular flexibility index (Phi) is 11.4. The van der Waals surface area contributed by atoms with Gasteiger partial charge in [-0.2, -0.15) is 0 Å².